The SMILES string of the molecule is CC(=O)NCC1CN(c2ccc(Nc3ccc(I)ccc3=O)cc2)C(=O)O1. The lowest BCUT2D eigenvalue weighted by atomic mass is 10.2. The van der Waals surface area contributed by atoms with Crippen LogP contribution in [-0.4, -0.2) is 31.2 Å². The van der Waals surface area contributed by atoms with Gasteiger partial charge in [0.15, 0.2) is 0 Å². The molecule has 1 saturated heterocycles. The topological polar surface area (TPSA) is 87.7 Å². The molecule has 7 nitrogen and oxygen atoms in total. The minimum absolute atomic E-state index is 0.106. The van der Waals surface area contributed by atoms with E-state index in [1.807, 2.05) is 6.07 Å². The number of benzene rings is 1. The maximum Gasteiger partial charge on any atom is 0.414 e. The molecule has 2 aromatic rings. The summed E-state index contributed by atoms with van der Waals surface area (Å²) in [6.07, 6.45) is -0.827. The number of anilines is 3. The Kier molecular flexibility index (Phi) is 5.94. The Morgan fingerprint density at radius 3 is 2.56 bits per heavy atom. The number of rotatable bonds is 5. The first-order valence-corrected chi connectivity index (χ1v) is 9.40. The highest BCUT2D eigenvalue weighted by molar-refractivity contribution is 14.1. The van der Waals surface area contributed by atoms with Gasteiger partial charge in [0.2, 0.25) is 11.3 Å². The Hall–Kier alpha value is -2.62. The normalized spacial score (nSPS) is 16.0. The maximum atomic E-state index is 12.1. The summed E-state index contributed by atoms with van der Waals surface area (Å²) in [7, 11) is 0. The van der Waals surface area contributed by atoms with Gasteiger partial charge in [-0.1, -0.05) is 0 Å². The Balaban J connectivity index is 1.69. The molecule has 0 spiro atoms. The van der Waals surface area contributed by atoms with E-state index in [1.165, 1.54) is 17.9 Å². The fourth-order valence-corrected chi connectivity index (χ4v) is 2.99. The molecule has 8 heteroatoms. The average molecular weight is 479 g/mol. The molecule has 1 atom stereocenters. The molecule has 2 amide bonds. The van der Waals surface area contributed by atoms with Crippen molar-refractivity contribution in [3.05, 3.63) is 62.3 Å². The monoisotopic (exact) mass is 479 g/mol. The number of nitrogens with one attached hydrogen (secondary N) is 2. The molecule has 1 heterocycles. The molecule has 0 bridgehead atoms. The number of amides is 2. The van der Waals surface area contributed by atoms with Crippen LogP contribution >= 0.6 is 22.6 Å². The fourth-order valence-electron chi connectivity index (χ4n) is 2.63. The minimum atomic E-state index is -0.447. The quantitative estimate of drug-likeness (QED) is 0.645. The first kappa shape index (κ1) is 19.2. The van der Waals surface area contributed by atoms with Crippen molar-refractivity contribution >= 4 is 51.7 Å². The van der Waals surface area contributed by atoms with Crippen molar-refractivity contribution in [2.24, 2.45) is 0 Å². The van der Waals surface area contributed by atoms with Gasteiger partial charge in [0.25, 0.3) is 0 Å². The second-order valence-electron chi connectivity index (χ2n) is 6.05. The van der Waals surface area contributed by atoms with E-state index in [-0.39, 0.29) is 24.0 Å². The summed E-state index contributed by atoms with van der Waals surface area (Å²) < 4.78 is 6.22. The predicted molar refractivity (Wildman–Crippen MR) is 111 cm³/mol. The second kappa shape index (κ2) is 8.38. The zero-order valence-electron chi connectivity index (χ0n) is 14.6. The van der Waals surface area contributed by atoms with Crippen LogP contribution < -0.4 is 21.0 Å². The number of nitrogens with zero attached hydrogens (tertiary/aromatic N) is 1. The number of hydrogen-bond donors (Lipinski definition) is 2. The van der Waals surface area contributed by atoms with Crippen molar-refractivity contribution in [1.82, 2.24) is 5.32 Å². The van der Waals surface area contributed by atoms with Gasteiger partial charge in [-0.15, -0.1) is 0 Å². The molecule has 1 aliphatic rings. The van der Waals surface area contributed by atoms with E-state index in [1.54, 1.807) is 36.4 Å². The molecule has 27 heavy (non-hydrogen) atoms. The van der Waals surface area contributed by atoms with E-state index in [4.69, 9.17) is 4.74 Å². The van der Waals surface area contributed by atoms with Gasteiger partial charge in [-0.2, -0.15) is 0 Å². The standard InChI is InChI=1S/C19H18IN3O4/c1-12(24)21-10-16-11-23(19(26)27-16)15-6-4-14(5-7-15)22-17-8-2-13(20)3-9-18(17)25/h2-9,16H,10-11H2,1H3,(H,21,24)(H,22,25). The Morgan fingerprint density at radius 1 is 1.15 bits per heavy atom. The van der Waals surface area contributed by atoms with E-state index in [0.717, 1.165) is 9.26 Å². The average Bonchev–Trinajstić information content (AvgIpc) is 2.94. The van der Waals surface area contributed by atoms with Crippen LogP contribution in [-0.2, 0) is 9.53 Å². The van der Waals surface area contributed by atoms with Gasteiger partial charge in [0.1, 0.15) is 6.10 Å². The lowest BCUT2D eigenvalue weighted by molar-refractivity contribution is -0.119. The molecule has 1 unspecified atom stereocenters. The lowest BCUT2D eigenvalue weighted by Crippen LogP contribution is -2.33. The van der Waals surface area contributed by atoms with Crippen LogP contribution in [0.4, 0.5) is 21.9 Å². The van der Waals surface area contributed by atoms with Crippen molar-refractivity contribution in [3.8, 4) is 0 Å². The summed E-state index contributed by atoms with van der Waals surface area (Å²) in [5.41, 5.74) is 1.79. The highest BCUT2D eigenvalue weighted by atomic mass is 127. The number of halogens is 1. The number of cyclic esters (lactones) is 1. The largest absolute Gasteiger partial charge is 0.442 e. The highest BCUT2D eigenvalue weighted by Gasteiger charge is 2.32. The van der Waals surface area contributed by atoms with Gasteiger partial charge in [0, 0.05) is 21.9 Å². The van der Waals surface area contributed by atoms with Crippen LogP contribution in [0.1, 0.15) is 6.92 Å². The van der Waals surface area contributed by atoms with Crippen molar-refractivity contribution in [3.63, 3.8) is 0 Å². The third-order valence-corrected chi connectivity index (χ3v) is 4.70. The van der Waals surface area contributed by atoms with Crippen LogP contribution in [0, 0.1) is 3.57 Å². The number of ether oxygens (including phenoxy) is 1. The van der Waals surface area contributed by atoms with Crippen LogP contribution in [0.25, 0.3) is 0 Å². The molecule has 1 aliphatic heterocycles. The summed E-state index contributed by atoms with van der Waals surface area (Å²) in [5, 5.41) is 5.74. The third-order valence-electron chi connectivity index (χ3n) is 3.98. The molecule has 1 fully saturated rings. The van der Waals surface area contributed by atoms with Crippen molar-refractivity contribution in [2.75, 3.05) is 23.3 Å². The summed E-state index contributed by atoms with van der Waals surface area (Å²) in [6, 6.07) is 14.0. The molecule has 0 saturated carbocycles. The number of carbonyl (C=O) groups excluding carboxylic acids is 2. The Bertz CT molecular complexity index is 917. The van der Waals surface area contributed by atoms with Crippen LogP contribution in [0.3, 0.4) is 0 Å². The molecular formula is C19H18IN3O4. The lowest BCUT2D eigenvalue weighted by Gasteiger charge is -2.14. The van der Waals surface area contributed by atoms with E-state index in [9.17, 15) is 14.4 Å². The van der Waals surface area contributed by atoms with Gasteiger partial charge in [-0.05, 0) is 71.1 Å². The third kappa shape index (κ3) is 4.97. The first-order valence-electron chi connectivity index (χ1n) is 8.32. The summed E-state index contributed by atoms with van der Waals surface area (Å²) in [4.78, 5) is 36.6. The van der Waals surface area contributed by atoms with E-state index in [0.29, 0.717) is 17.9 Å². The molecule has 2 N–H and O–H groups in total. The van der Waals surface area contributed by atoms with E-state index < -0.39 is 6.09 Å². The summed E-state index contributed by atoms with van der Waals surface area (Å²) in [5.74, 6) is -0.165. The zero-order chi connectivity index (χ0) is 19.4. The van der Waals surface area contributed by atoms with Gasteiger partial charge < -0.3 is 15.4 Å². The van der Waals surface area contributed by atoms with Crippen molar-refractivity contribution in [1.29, 1.82) is 0 Å². The van der Waals surface area contributed by atoms with E-state index in [2.05, 4.69) is 33.2 Å². The van der Waals surface area contributed by atoms with Crippen LogP contribution in [0.15, 0.2) is 53.3 Å². The highest BCUT2D eigenvalue weighted by Crippen LogP contribution is 2.24. The minimum Gasteiger partial charge on any atom is -0.442 e. The molecule has 0 aromatic heterocycles. The number of hydrogen-bond acceptors (Lipinski definition) is 5. The van der Waals surface area contributed by atoms with Crippen molar-refractivity contribution in [2.45, 2.75) is 13.0 Å². The number of carbonyl (C=O) groups is 2. The van der Waals surface area contributed by atoms with Crippen LogP contribution in [0.5, 0.6) is 0 Å². The molecule has 0 aliphatic carbocycles. The van der Waals surface area contributed by atoms with Crippen molar-refractivity contribution < 1.29 is 14.3 Å². The van der Waals surface area contributed by atoms with Gasteiger partial charge in [-0.25, -0.2) is 4.79 Å². The first-order chi connectivity index (χ1) is 12.9. The smallest absolute Gasteiger partial charge is 0.414 e. The van der Waals surface area contributed by atoms with Gasteiger partial charge >= 0.3 is 6.09 Å². The van der Waals surface area contributed by atoms with Gasteiger partial charge in [-0.3, -0.25) is 14.5 Å². The van der Waals surface area contributed by atoms with Gasteiger partial charge in [0.05, 0.1) is 18.8 Å². The zero-order valence-corrected chi connectivity index (χ0v) is 16.7. The van der Waals surface area contributed by atoms with E-state index >= 15 is 0 Å². The molecule has 2 aromatic carbocycles. The molecular weight excluding hydrogens is 461 g/mol. The molecule has 3 rings (SSSR count). The molecule has 140 valence electrons. The van der Waals surface area contributed by atoms with Crippen LogP contribution in [0.2, 0.25) is 0 Å². The Morgan fingerprint density at radius 2 is 1.85 bits per heavy atom. The summed E-state index contributed by atoms with van der Waals surface area (Å²) in [6.45, 7) is 2.07. The fraction of sp³-hybridized carbons (Fsp3) is 0.211. The maximum absolute atomic E-state index is 12.1. The molecule has 0 radical (unpaired) electrons. The predicted octanol–water partition coefficient (Wildman–Crippen LogP) is 2.86. The summed E-state index contributed by atoms with van der Waals surface area (Å²) >= 11 is 2.15. The second-order valence-corrected chi connectivity index (χ2v) is 7.30. The Labute approximate surface area is 169 Å².